The largest absolute Gasteiger partial charge is 0.494 e. The number of nitrogens with one attached hydrogen (secondary N) is 1. The van der Waals surface area contributed by atoms with Crippen molar-refractivity contribution in [3.05, 3.63) is 65.7 Å². The molecule has 0 aromatic heterocycles. The molecular formula is C24H33N3O2. The highest BCUT2D eigenvalue weighted by Crippen LogP contribution is 2.33. The third-order valence-corrected chi connectivity index (χ3v) is 5.32. The van der Waals surface area contributed by atoms with Crippen LogP contribution in [-0.4, -0.2) is 44.7 Å². The third-order valence-electron chi connectivity index (χ3n) is 5.32. The third kappa shape index (κ3) is 5.97. The zero-order chi connectivity index (χ0) is 20.5. The minimum atomic E-state index is 0.145. The Kier molecular flexibility index (Phi) is 7.94. The van der Waals surface area contributed by atoms with E-state index in [-0.39, 0.29) is 6.10 Å². The number of benzene rings is 2. The van der Waals surface area contributed by atoms with E-state index in [1.165, 1.54) is 11.1 Å². The molecule has 1 aliphatic rings. The second-order valence-corrected chi connectivity index (χ2v) is 7.47. The van der Waals surface area contributed by atoms with Crippen molar-refractivity contribution in [1.82, 2.24) is 10.2 Å². The average molecular weight is 396 g/mol. The second kappa shape index (κ2) is 10.9. The number of aliphatic imine (C=N–C) groups is 1. The molecule has 1 N–H and O–H groups in total. The van der Waals surface area contributed by atoms with Gasteiger partial charge in [0.1, 0.15) is 5.75 Å². The van der Waals surface area contributed by atoms with Gasteiger partial charge in [0.25, 0.3) is 0 Å². The van der Waals surface area contributed by atoms with Crippen molar-refractivity contribution >= 4 is 5.96 Å². The van der Waals surface area contributed by atoms with Gasteiger partial charge >= 0.3 is 0 Å². The molecule has 156 valence electrons. The first-order valence-electron chi connectivity index (χ1n) is 10.5. The molecule has 0 saturated carbocycles. The Bertz CT molecular complexity index is 761. The van der Waals surface area contributed by atoms with Gasteiger partial charge in [-0.25, -0.2) is 0 Å². The van der Waals surface area contributed by atoms with Gasteiger partial charge in [-0.1, -0.05) is 42.5 Å². The molecule has 1 aliphatic heterocycles. The summed E-state index contributed by atoms with van der Waals surface area (Å²) >= 11 is 0. The van der Waals surface area contributed by atoms with Crippen LogP contribution in [0.25, 0.3) is 0 Å². The summed E-state index contributed by atoms with van der Waals surface area (Å²) in [4.78, 5) is 6.63. The minimum absolute atomic E-state index is 0.145. The van der Waals surface area contributed by atoms with Crippen LogP contribution in [0.15, 0.2) is 59.6 Å². The van der Waals surface area contributed by atoms with Crippen molar-refractivity contribution in [2.75, 3.05) is 33.9 Å². The summed E-state index contributed by atoms with van der Waals surface area (Å²) < 4.78 is 11.6. The van der Waals surface area contributed by atoms with Crippen LogP contribution >= 0.6 is 0 Å². The standard InChI is InChI=1S/C24H33N3O2/c1-4-28-22-14-12-19(13-15-22)18-27(3)24(25-2)26-17-21-11-8-16-29-23(21)20-9-6-5-7-10-20/h5-7,9-10,12-15,21,23H,4,8,11,16-18H2,1-3H3,(H,25,26). The molecule has 1 fully saturated rings. The van der Waals surface area contributed by atoms with Gasteiger partial charge in [-0.05, 0) is 43.0 Å². The molecule has 1 heterocycles. The van der Waals surface area contributed by atoms with E-state index in [0.717, 1.165) is 44.2 Å². The lowest BCUT2D eigenvalue weighted by atomic mass is 9.89. The van der Waals surface area contributed by atoms with Crippen LogP contribution in [0.3, 0.4) is 0 Å². The van der Waals surface area contributed by atoms with E-state index in [1.807, 2.05) is 26.1 Å². The SMILES string of the molecule is CCOc1ccc(CN(C)C(=NC)NCC2CCCOC2c2ccccc2)cc1. The molecule has 2 atom stereocenters. The average Bonchev–Trinajstić information content (AvgIpc) is 2.76. The lowest BCUT2D eigenvalue weighted by molar-refractivity contribution is -0.0266. The van der Waals surface area contributed by atoms with Gasteiger partial charge in [-0.15, -0.1) is 0 Å². The molecule has 1 saturated heterocycles. The predicted octanol–water partition coefficient (Wildman–Crippen LogP) is 4.26. The van der Waals surface area contributed by atoms with E-state index in [0.29, 0.717) is 12.5 Å². The summed E-state index contributed by atoms with van der Waals surface area (Å²) in [6, 6.07) is 18.8. The van der Waals surface area contributed by atoms with Gasteiger partial charge in [0, 0.05) is 39.7 Å². The van der Waals surface area contributed by atoms with Crippen LogP contribution in [0.1, 0.15) is 37.0 Å². The fourth-order valence-electron chi connectivity index (χ4n) is 3.88. The van der Waals surface area contributed by atoms with Gasteiger partial charge in [0.2, 0.25) is 0 Å². The fourth-order valence-corrected chi connectivity index (χ4v) is 3.88. The van der Waals surface area contributed by atoms with Gasteiger partial charge in [0.05, 0.1) is 12.7 Å². The lowest BCUT2D eigenvalue weighted by Crippen LogP contribution is -2.42. The summed E-state index contributed by atoms with van der Waals surface area (Å²) in [5.74, 6) is 2.24. The summed E-state index contributed by atoms with van der Waals surface area (Å²) in [6.45, 7) is 5.15. The van der Waals surface area contributed by atoms with Crippen molar-refractivity contribution < 1.29 is 9.47 Å². The molecule has 2 unspecified atom stereocenters. The topological polar surface area (TPSA) is 46.1 Å². The number of nitrogens with zero attached hydrogens (tertiary/aromatic N) is 2. The van der Waals surface area contributed by atoms with Crippen molar-refractivity contribution in [3.8, 4) is 5.75 Å². The van der Waals surface area contributed by atoms with Gasteiger partial charge in [-0.3, -0.25) is 4.99 Å². The maximum Gasteiger partial charge on any atom is 0.193 e. The smallest absolute Gasteiger partial charge is 0.193 e. The van der Waals surface area contributed by atoms with Crippen LogP contribution < -0.4 is 10.1 Å². The molecule has 0 aliphatic carbocycles. The monoisotopic (exact) mass is 395 g/mol. The molecule has 2 aromatic carbocycles. The van der Waals surface area contributed by atoms with Crippen LogP contribution in [0, 0.1) is 5.92 Å². The fraction of sp³-hybridized carbons (Fsp3) is 0.458. The van der Waals surface area contributed by atoms with E-state index in [1.54, 1.807) is 0 Å². The van der Waals surface area contributed by atoms with E-state index < -0.39 is 0 Å². The molecule has 29 heavy (non-hydrogen) atoms. The highest BCUT2D eigenvalue weighted by atomic mass is 16.5. The Morgan fingerprint density at radius 3 is 2.62 bits per heavy atom. The van der Waals surface area contributed by atoms with E-state index >= 15 is 0 Å². The van der Waals surface area contributed by atoms with Crippen molar-refractivity contribution in [2.24, 2.45) is 10.9 Å². The van der Waals surface area contributed by atoms with Gasteiger partial charge in [0.15, 0.2) is 5.96 Å². The second-order valence-electron chi connectivity index (χ2n) is 7.47. The number of ether oxygens (including phenoxy) is 2. The molecule has 0 radical (unpaired) electrons. The maximum atomic E-state index is 6.12. The first kappa shape index (κ1) is 21.2. The van der Waals surface area contributed by atoms with Gasteiger partial charge in [-0.2, -0.15) is 0 Å². The number of rotatable bonds is 7. The zero-order valence-corrected chi connectivity index (χ0v) is 17.8. The lowest BCUT2D eigenvalue weighted by Gasteiger charge is -2.33. The first-order chi connectivity index (χ1) is 14.2. The summed E-state index contributed by atoms with van der Waals surface area (Å²) in [7, 11) is 3.90. The zero-order valence-electron chi connectivity index (χ0n) is 17.8. The number of hydrogen-bond acceptors (Lipinski definition) is 3. The predicted molar refractivity (Wildman–Crippen MR) is 118 cm³/mol. The molecule has 5 nitrogen and oxygen atoms in total. The Morgan fingerprint density at radius 1 is 1.17 bits per heavy atom. The molecule has 5 heteroatoms. The first-order valence-corrected chi connectivity index (χ1v) is 10.5. The molecular weight excluding hydrogens is 362 g/mol. The van der Waals surface area contributed by atoms with E-state index in [4.69, 9.17) is 9.47 Å². The molecule has 0 spiro atoms. The Balaban J connectivity index is 1.57. The molecule has 0 amide bonds. The Morgan fingerprint density at radius 2 is 1.93 bits per heavy atom. The van der Waals surface area contributed by atoms with Crippen LogP contribution in [0.2, 0.25) is 0 Å². The van der Waals surface area contributed by atoms with Crippen molar-refractivity contribution in [1.29, 1.82) is 0 Å². The van der Waals surface area contributed by atoms with Crippen molar-refractivity contribution in [2.45, 2.75) is 32.4 Å². The van der Waals surface area contributed by atoms with E-state index in [9.17, 15) is 0 Å². The number of guanidine groups is 1. The highest BCUT2D eigenvalue weighted by molar-refractivity contribution is 5.79. The minimum Gasteiger partial charge on any atom is -0.494 e. The quantitative estimate of drug-likeness (QED) is 0.562. The summed E-state index contributed by atoms with van der Waals surface area (Å²) in [5, 5.41) is 3.56. The Hall–Kier alpha value is -2.53. The molecule has 3 rings (SSSR count). The molecule has 0 bridgehead atoms. The van der Waals surface area contributed by atoms with Crippen LogP contribution in [0.4, 0.5) is 0 Å². The van der Waals surface area contributed by atoms with Crippen molar-refractivity contribution in [3.63, 3.8) is 0 Å². The maximum absolute atomic E-state index is 6.12. The van der Waals surface area contributed by atoms with Crippen LogP contribution in [-0.2, 0) is 11.3 Å². The van der Waals surface area contributed by atoms with Gasteiger partial charge < -0.3 is 19.7 Å². The highest BCUT2D eigenvalue weighted by Gasteiger charge is 2.27. The Labute approximate surface area is 174 Å². The molecule has 2 aromatic rings. The van der Waals surface area contributed by atoms with E-state index in [2.05, 4.69) is 64.7 Å². The number of hydrogen-bond donors (Lipinski definition) is 1. The summed E-state index contributed by atoms with van der Waals surface area (Å²) in [5.41, 5.74) is 2.48. The van der Waals surface area contributed by atoms with Crippen LogP contribution in [0.5, 0.6) is 5.75 Å². The summed E-state index contributed by atoms with van der Waals surface area (Å²) in [6.07, 6.45) is 2.41. The normalized spacial score (nSPS) is 19.6.